The second kappa shape index (κ2) is 10.8. The fraction of sp³-hybridized carbons (Fsp3) is 0.579. The Morgan fingerprint density at radius 1 is 1.09 bits per heavy atom. The molecule has 0 radical (unpaired) electrons. The summed E-state index contributed by atoms with van der Waals surface area (Å²) in [7, 11) is -1.55. The van der Waals surface area contributed by atoms with Gasteiger partial charge in [-0.1, -0.05) is 57.2 Å². The SMILES string of the molecule is C=CCC(CCOCc1ccccc1)O[Si](CC)(CC)CC. The minimum atomic E-state index is -1.55. The zero-order valence-electron chi connectivity index (χ0n) is 14.5. The third-order valence-corrected chi connectivity index (χ3v) is 9.17. The summed E-state index contributed by atoms with van der Waals surface area (Å²) in [6.07, 6.45) is 4.11. The van der Waals surface area contributed by atoms with Gasteiger partial charge in [-0.3, -0.25) is 0 Å². The van der Waals surface area contributed by atoms with Gasteiger partial charge in [-0.25, -0.2) is 0 Å². The summed E-state index contributed by atoms with van der Waals surface area (Å²) >= 11 is 0. The van der Waals surface area contributed by atoms with E-state index < -0.39 is 8.32 Å². The monoisotopic (exact) mass is 320 g/mol. The van der Waals surface area contributed by atoms with Crippen LogP contribution in [0.2, 0.25) is 18.1 Å². The lowest BCUT2D eigenvalue weighted by atomic mass is 10.2. The normalized spacial score (nSPS) is 13.0. The number of ether oxygens (including phenoxy) is 1. The number of rotatable bonds is 12. The Hall–Kier alpha value is -0.903. The average molecular weight is 321 g/mol. The molecule has 1 rings (SSSR count). The smallest absolute Gasteiger partial charge is 0.192 e. The first-order chi connectivity index (χ1) is 10.7. The van der Waals surface area contributed by atoms with Crippen LogP contribution in [0.1, 0.15) is 39.2 Å². The summed E-state index contributed by atoms with van der Waals surface area (Å²) in [6.45, 7) is 12.1. The van der Waals surface area contributed by atoms with E-state index in [0.717, 1.165) is 19.4 Å². The maximum absolute atomic E-state index is 6.57. The molecular formula is C19H32O2Si. The Bertz CT molecular complexity index is 393. The fourth-order valence-electron chi connectivity index (χ4n) is 2.74. The van der Waals surface area contributed by atoms with E-state index in [1.165, 1.54) is 23.7 Å². The summed E-state index contributed by atoms with van der Waals surface area (Å²) in [4.78, 5) is 0. The highest BCUT2D eigenvalue weighted by molar-refractivity contribution is 6.73. The summed E-state index contributed by atoms with van der Waals surface area (Å²) in [6, 6.07) is 13.9. The van der Waals surface area contributed by atoms with Gasteiger partial charge in [-0.2, -0.15) is 0 Å². The molecule has 0 saturated heterocycles. The average Bonchev–Trinajstić information content (AvgIpc) is 2.57. The predicted molar refractivity (Wildman–Crippen MR) is 97.6 cm³/mol. The third kappa shape index (κ3) is 6.47. The summed E-state index contributed by atoms with van der Waals surface area (Å²) in [5.74, 6) is 0. The molecule has 0 spiro atoms. The molecule has 0 N–H and O–H groups in total. The molecule has 1 atom stereocenters. The summed E-state index contributed by atoms with van der Waals surface area (Å²) in [5, 5.41) is 0. The van der Waals surface area contributed by atoms with E-state index in [-0.39, 0.29) is 6.10 Å². The first-order valence-electron chi connectivity index (χ1n) is 8.60. The maximum Gasteiger partial charge on any atom is 0.192 e. The molecule has 3 heteroatoms. The van der Waals surface area contributed by atoms with Crippen molar-refractivity contribution in [2.24, 2.45) is 0 Å². The van der Waals surface area contributed by atoms with Gasteiger partial charge < -0.3 is 9.16 Å². The van der Waals surface area contributed by atoms with E-state index in [9.17, 15) is 0 Å². The Morgan fingerprint density at radius 2 is 1.73 bits per heavy atom. The van der Waals surface area contributed by atoms with Gasteiger partial charge in [0, 0.05) is 6.61 Å². The van der Waals surface area contributed by atoms with E-state index in [2.05, 4.69) is 39.5 Å². The molecule has 0 saturated carbocycles. The lowest BCUT2D eigenvalue weighted by Gasteiger charge is -2.33. The molecule has 2 nitrogen and oxygen atoms in total. The highest BCUT2D eigenvalue weighted by Gasteiger charge is 2.31. The van der Waals surface area contributed by atoms with Crippen LogP contribution < -0.4 is 0 Å². The molecule has 0 aliphatic heterocycles. The van der Waals surface area contributed by atoms with Crippen LogP contribution in [-0.4, -0.2) is 21.0 Å². The molecule has 124 valence electrons. The largest absolute Gasteiger partial charge is 0.414 e. The highest BCUT2D eigenvalue weighted by atomic mass is 28.4. The molecule has 22 heavy (non-hydrogen) atoms. The van der Waals surface area contributed by atoms with Gasteiger partial charge in [0.25, 0.3) is 0 Å². The molecule has 0 aliphatic rings. The topological polar surface area (TPSA) is 18.5 Å². The van der Waals surface area contributed by atoms with Crippen molar-refractivity contribution >= 4 is 8.32 Å². The van der Waals surface area contributed by atoms with E-state index in [4.69, 9.17) is 9.16 Å². The maximum atomic E-state index is 6.57. The van der Waals surface area contributed by atoms with Crippen LogP contribution in [0.25, 0.3) is 0 Å². The number of benzene rings is 1. The molecule has 0 heterocycles. The third-order valence-electron chi connectivity index (χ3n) is 4.47. The molecular weight excluding hydrogens is 288 g/mol. The second-order valence-electron chi connectivity index (χ2n) is 5.83. The molecule has 1 aromatic rings. The molecule has 0 aromatic heterocycles. The van der Waals surface area contributed by atoms with Crippen molar-refractivity contribution in [3.63, 3.8) is 0 Å². The van der Waals surface area contributed by atoms with E-state index in [0.29, 0.717) is 6.61 Å². The van der Waals surface area contributed by atoms with Gasteiger partial charge >= 0.3 is 0 Å². The van der Waals surface area contributed by atoms with Crippen molar-refractivity contribution in [3.8, 4) is 0 Å². The van der Waals surface area contributed by atoms with Crippen molar-refractivity contribution in [2.45, 2.75) is 64.5 Å². The van der Waals surface area contributed by atoms with E-state index >= 15 is 0 Å². The van der Waals surface area contributed by atoms with E-state index in [1.807, 2.05) is 24.3 Å². The van der Waals surface area contributed by atoms with Gasteiger partial charge in [0.15, 0.2) is 8.32 Å². The Balaban J connectivity index is 2.41. The zero-order valence-corrected chi connectivity index (χ0v) is 15.5. The quantitative estimate of drug-likeness (QED) is 0.285. The van der Waals surface area contributed by atoms with Crippen molar-refractivity contribution in [2.75, 3.05) is 6.61 Å². The van der Waals surface area contributed by atoms with Crippen LogP contribution in [0.4, 0.5) is 0 Å². The van der Waals surface area contributed by atoms with Crippen molar-refractivity contribution in [1.82, 2.24) is 0 Å². The molecule has 1 unspecified atom stereocenters. The summed E-state index contributed by atoms with van der Waals surface area (Å²) in [5.41, 5.74) is 1.23. The van der Waals surface area contributed by atoms with Gasteiger partial charge in [-0.05, 0) is 36.5 Å². The minimum Gasteiger partial charge on any atom is -0.414 e. The molecule has 1 aromatic carbocycles. The predicted octanol–water partition coefficient (Wildman–Crippen LogP) is 5.56. The summed E-state index contributed by atoms with van der Waals surface area (Å²) < 4.78 is 12.4. The lowest BCUT2D eigenvalue weighted by Crippen LogP contribution is -2.40. The van der Waals surface area contributed by atoms with Crippen molar-refractivity contribution in [1.29, 1.82) is 0 Å². The molecule has 0 bridgehead atoms. The number of hydrogen-bond donors (Lipinski definition) is 0. The van der Waals surface area contributed by atoms with Crippen LogP contribution >= 0.6 is 0 Å². The Labute approximate surface area is 137 Å². The first kappa shape index (κ1) is 19.1. The fourth-order valence-corrected chi connectivity index (χ4v) is 5.66. The zero-order chi connectivity index (χ0) is 16.3. The van der Waals surface area contributed by atoms with Crippen LogP contribution in [0.5, 0.6) is 0 Å². The van der Waals surface area contributed by atoms with Crippen LogP contribution in [0, 0.1) is 0 Å². The van der Waals surface area contributed by atoms with Crippen LogP contribution in [0.15, 0.2) is 43.0 Å². The Morgan fingerprint density at radius 3 is 2.27 bits per heavy atom. The Kier molecular flexibility index (Phi) is 9.36. The van der Waals surface area contributed by atoms with Crippen molar-refractivity contribution in [3.05, 3.63) is 48.6 Å². The standard InChI is InChI=1S/C19H32O2Si/c1-5-12-19(21-22(6-2,7-3)8-4)15-16-20-17-18-13-10-9-11-14-18/h5,9-11,13-14,19H,1,6-8,12,15-17H2,2-4H3. The van der Waals surface area contributed by atoms with Gasteiger partial charge in [0.2, 0.25) is 0 Å². The van der Waals surface area contributed by atoms with Crippen LogP contribution in [-0.2, 0) is 15.8 Å². The molecule has 0 aliphatic carbocycles. The number of hydrogen-bond acceptors (Lipinski definition) is 2. The van der Waals surface area contributed by atoms with Gasteiger partial charge in [0.1, 0.15) is 0 Å². The molecule has 0 amide bonds. The second-order valence-corrected chi connectivity index (χ2v) is 10.6. The van der Waals surface area contributed by atoms with Gasteiger partial charge in [0.05, 0.1) is 12.7 Å². The molecule has 0 fully saturated rings. The minimum absolute atomic E-state index is 0.264. The van der Waals surface area contributed by atoms with E-state index in [1.54, 1.807) is 0 Å². The lowest BCUT2D eigenvalue weighted by molar-refractivity contribution is 0.0794. The highest BCUT2D eigenvalue weighted by Crippen LogP contribution is 2.25. The first-order valence-corrected chi connectivity index (χ1v) is 11.1. The van der Waals surface area contributed by atoms with Crippen LogP contribution in [0.3, 0.4) is 0 Å². The van der Waals surface area contributed by atoms with Gasteiger partial charge in [-0.15, -0.1) is 6.58 Å². The van der Waals surface area contributed by atoms with Crippen molar-refractivity contribution < 1.29 is 9.16 Å².